The lowest BCUT2D eigenvalue weighted by Gasteiger charge is -2.15. The van der Waals surface area contributed by atoms with Crippen LogP contribution >= 0.6 is 0 Å². The van der Waals surface area contributed by atoms with E-state index in [9.17, 15) is 9.59 Å². The second kappa shape index (κ2) is 8.89. The van der Waals surface area contributed by atoms with Crippen molar-refractivity contribution in [1.29, 1.82) is 0 Å². The molecule has 122 valence electrons. The van der Waals surface area contributed by atoms with E-state index in [1.54, 1.807) is 12.1 Å². The zero-order valence-corrected chi connectivity index (χ0v) is 12.9. The van der Waals surface area contributed by atoms with Crippen LogP contribution in [0, 0.1) is 0 Å². The second-order valence-electron chi connectivity index (χ2n) is 4.35. The topological polar surface area (TPSA) is 94.1 Å². The fraction of sp³-hybridized carbons (Fsp3) is 0.467. The van der Waals surface area contributed by atoms with E-state index in [2.05, 4.69) is 5.32 Å². The summed E-state index contributed by atoms with van der Waals surface area (Å²) in [5, 5.41) is 11.4. The molecule has 1 aromatic carbocycles. The summed E-state index contributed by atoms with van der Waals surface area (Å²) in [4.78, 5) is 23.2. The van der Waals surface area contributed by atoms with Gasteiger partial charge in [0.2, 0.25) is 0 Å². The number of nitrogens with one attached hydrogen (secondary N) is 1. The summed E-state index contributed by atoms with van der Waals surface area (Å²) < 4.78 is 15.6. The predicted octanol–water partition coefficient (Wildman–Crippen LogP) is 1.31. The molecule has 0 fully saturated rings. The molecule has 2 N–H and O–H groups in total. The van der Waals surface area contributed by atoms with Crippen molar-refractivity contribution < 1.29 is 28.9 Å². The molecular weight excluding hydrogens is 290 g/mol. The number of carbonyl (C=O) groups excluding carboxylic acids is 1. The molecule has 0 aliphatic rings. The first kappa shape index (κ1) is 17.8. The van der Waals surface area contributed by atoms with E-state index in [-0.39, 0.29) is 12.2 Å². The van der Waals surface area contributed by atoms with Crippen LogP contribution in [0.1, 0.15) is 24.2 Å². The number of hydrogen-bond acceptors (Lipinski definition) is 5. The van der Waals surface area contributed by atoms with Crippen molar-refractivity contribution in [2.24, 2.45) is 0 Å². The van der Waals surface area contributed by atoms with Gasteiger partial charge in [-0.1, -0.05) is 0 Å². The standard InChI is InChI=1S/C15H21NO6/c1-4-21-12-7-6-10(8-13(12)22-5-2)14(17)16-11(9-20-3)15(18)19/h6-8,11H,4-5,9H2,1-3H3,(H,16,17)(H,18,19). The first-order valence-electron chi connectivity index (χ1n) is 6.95. The van der Waals surface area contributed by atoms with Crippen LogP contribution in [0.5, 0.6) is 11.5 Å². The smallest absolute Gasteiger partial charge is 0.328 e. The number of aliphatic carboxylic acids is 1. The maximum absolute atomic E-state index is 12.1. The molecule has 22 heavy (non-hydrogen) atoms. The van der Waals surface area contributed by atoms with E-state index in [0.717, 1.165) is 0 Å². The number of carboxylic acids is 1. The van der Waals surface area contributed by atoms with Gasteiger partial charge in [-0.3, -0.25) is 4.79 Å². The Labute approximate surface area is 129 Å². The zero-order valence-electron chi connectivity index (χ0n) is 12.9. The number of hydrogen-bond donors (Lipinski definition) is 2. The van der Waals surface area contributed by atoms with Gasteiger partial charge in [-0.15, -0.1) is 0 Å². The quantitative estimate of drug-likeness (QED) is 0.714. The Balaban J connectivity index is 2.92. The second-order valence-corrected chi connectivity index (χ2v) is 4.35. The molecule has 0 aliphatic carbocycles. The van der Waals surface area contributed by atoms with Gasteiger partial charge in [0.25, 0.3) is 5.91 Å². The lowest BCUT2D eigenvalue weighted by Crippen LogP contribution is -2.43. The van der Waals surface area contributed by atoms with Gasteiger partial charge in [0.05, 0.1) is 19.8 Å². The first-order chi connectivity index (χ1) is 10.5. The summed E-state index contributed by atoms with van der Waals surface area (Å²) >= 11 is 0. The Morgan fingerprint density at radius 1 is 1.18 bits per heavy atom. The number of amides is 1. The maximum atomic E-state index is 12.1. The molecule has 7 nitrogen and oxygen atoms in total. The highest BCUT2D eigenvalue weighted by Gasteiger charge is 2.21. The average Bonchev–Trinajstić information content (AvgIpc) is 2.48. The lowest BCUT2D eigenvalue weighted by atomic mass is 10.1. The van der Waals surface area contributed by atoms with Crippen LogP contribution in [-0.2, 0) is 9.53 Å². The third-order valence-electron chi connectivity index (χ3n) is 2.74. The Bertz CT molecular complexity index is 517. The summed E-state index contributed by atoms with van der Waals surface area (Å²) in [6.45, 7) is 4.45. The molecule has 0 bridgehead atoms. The predicted molar refractivity (Wildman–Crippen MR) is 79.5 cm³/mol. The fourth-order valence-corrected chi connectivity index (χ4v) is 1.78. The molecule has 0 radical (unpaired) electrons. The largest absolute Gasteiger partial charge is 0.490 e. The molecule has 1 aromatic rings. The minimum absolute atomic E-state index is 0.115. The zero-order chi connectivity index (χ0) is 16.5. The van der Waals surface area contributed by atoms with Crippen LogP contribution in [0.3, 0.4) is 0 Å². The van der Waals surface area contributed by atoms with Crippen molar-refractivity contribution in [1.82, 2.24) is 5.32 Å². The van der Waals surface area contributed by atoms with Crippen LogP contribution < -0.4 is 14.8 Å². The van der Waals surface area contributed by atoms with Gasteiger partial charge in [0.15, 0.2) is 17.5 Å². The van der Waals surface area contributed by atoms with Gasteiger partial charge in [0, 0.05) is 12.7 Å². The highest BCUT2D eigenvalue weighted by Crippen LogP contribution is 2.28. The minimum atomic E-state index is -1.16. The molecule has 0 saturated heterocycles. The van der Waals surface area contributed by atoms with Gasteiger partial charge >= 0.3 is 5.97 Å². The van der Waals surface area contributed by atoms with E-state index in [4.69, 9.17) is 19.3 Å². The van der Waals surface area contributed by atoms with Gasteiger partial charge in [-0.25, -0.2) is 4.79 Å². The Hall–Kier alpha value is -2.28. The molecule has 1 atom stereocenters. The maximum Gasteiger partial charge on any atom is 0.328 e. The van der Waals surface area contributed by atoms with Crippen molar-refractivity contribution >= 4 is 11.9 Å². The number of carboxylic acid groups (broad SMARTS) is 1. The lowest BCUT2D eigenvalue weighted by molar-refractivity contribution is -0.140. The summed E-state index contributed by atoms with van der Waals surface area (Å²) in [5.41, 5.74) is 0.286. The summed E-state index contributed by atoms with van der Waals surface area (Å²) in [6.07, 6.45) is 0. The number of rotatable bonds is 9. The van der Waals surface area contributed by atoms with E-state index in [1.807, 2.05) is 13.8 Å². The molecule has 7 heteroatoms. The highest BCUT2D eigenvalue weighted by molar-refractivity contribution is 5.97. The molecule has 0 heterocycles. The van der Waals surface area contributed by atoms with Crippen molar-refractivity contribution in [2.45, 2.75) is 19.9 Å². The Morgan fingerprint density at radius 2 is 1.82 bits per heavy atom. The molecule has 1 amide bonds. The van der Waals surface area contributed by atoms with Crippen LogP contribution in [-0.4, -0.2) is 50.0 Å². The van der Waals surface area contributed by atoms with Crippen LogP contribution in [0.15, 0.2) is 18.2 Å². The highest BCUT2D eigenvalue weighted by atomic mass is 16.5. The summed E-state index contributed by atoms with van der Waals surface area (Å²) in [5.74, 6) is -0.706. The molecular formula is C15H21NO6. The van der Waals surface area contributed by atoms with E-state index in [0.29, 0.717) is 24.7 Å². The van der Waals surface area contributed by atoms with E-state index in [1.165, 1.54) is 13.2 Å². The minimum Gasteiger partial charge on any atom is -0.490 e. The third kappa shape index (κ3) is 4.92. The van der Waals surface area contributed by atoms with Crippen molar-refractivity contribution in [3.8, 4) is 11.5 Å². The summed E-state index contributed by atoms with van der Waals surface area (Å²) in [7, 11) is 1.37. The molecule has 0 aromatic heterocycles. The van der Waals surface area contributed by atoms with Gasteiger partial charge in [-0.2, -0.15) is 0 Å². The average molecular weight is 311 g/mol. The normalized spacial score (nSPS) is 11.6. The fourth-order valence-electron chi connectivity index (χ4n) is 1.78. The van der Waals surface area contributed by atoms with Crippen molar-refractivity contribution in [3.63, 3.8) is 0 Å². The number of benzene rings is 1. The molecule has 0 spiro atoms. The van der Waals surface area contributed by atoms with Crippen LogP contribution in [0.4, 0.5) is 0 Å². The van der Waals surface area contributed by atoms with Crippen molar-refractivity contribution in [3.05, 3.63) is 23.8 Å². The number of methoxy groups -OCH3 is 1. The first-order valence-corrected chi connectivity index (χ1v) is 6.95. The van der Waals surface area contributed by atoms with Gasteiger partial charge in [0.1, 0.15) is 0 Å². The molecule has 1 rings (SSSR count). The molecule has 0 aliphatic heterocycles. The van der Waals surface area contributed by atoms with Gasteiger partial charge < -0.3 is 24.6 Å². The molecule has 1 unspecified atom stereocenters. The van der Waals surface area contributed by atoms with E-state index < -0.39 is 17.9 Å². The molecule has 0 saturated carbocycles. The Kier molecular flexibility index (Phi) is 7.18. The van der Waals surface area contributed by atoms with Crippen LogP contribution in [0.2, 0.25) is 0 Å². The van der Waals surface area contributed by atoms with Gasteiger partial charge in [-0.05, 0) is 32.0 Å². The third-order valence-corrected chi connectivity index (χ3v) is 2.74. The summed E-state index contributed by atoms with van der Waals surface area (Å²) in [6, 6.07) is 3.58. The Morgan fingerprint density at radius 3 is 2.36 bits per heavy atom. The number of carbonyl (C=O) groups is 2. The SMILES string of the molecule is CCOc1ccc(C(=O)NC(COC)C(=O)O)cc1OCC. The van der Waals surface area contributed by atoms with E-state index >= 15 is 0 Å². The monoisotopic (exact) mass is 311 g/mol. The van der Waals surface area contributed by atoms with Crippen LogP contribution in [0.25, 0.3) is 0 Å². The number of ether oxygens (including phenoxy) is 3. The van der Waals surface area contributed by atoms with Crippen molar-refractivity contribution in [2.75, 3.05) is 26.9 Å².